The van der Waals surface area contributed by atoms with Crippen molar-refractivity contribution in [3.8, 4) is 33.8 Å². The summed E-state index contributed by atoms with van der Waals surface area (Å²) in [6.07, 6.45) is 3.17. The van der Waals surface area contributed by atoms with Gasteiger partial charge in [-0.1, -0.05) is 36.4 Å². The molecule has 0 aliphatic carbocycles. The van der Waals surface area contributed by atoms with E-state index in [0.29, 0.717) is 35.7 Å². The predicted octanol–water partition coefficient (Wildman–Crippen LogP) is 11.4. The highest BCUT2D eigenvalue weighted by molar-refractivity contribution is 6.09. The lowest BCUT2D eigenvalue weighted by Gasteiger charge is -2.29. The van der Waals surface area contributed by atoms with Gasteiger partial charge < -0.3 is 28.8 Å². The van der Waals surface area contributed by atoms with E-state index in [1.807, 2.05) is 147 Å². The summed E-state index contributed by atoms with van der Waals surface area (Å²) in [7, 11) is 1.38. The van der Waals surface area contributed by atoms with E-state index >= 15 is 0 Å². The molecule has 10 rings (SSSR count). The lowest BCUT2D eigenvalue weighted by atomic mass is 9.88. The Kier molecular flexibility index (Phi) is 11.9. The van der Waals surface area contributed by atoms with Crippen molar-refractivity contribution in [1.82, 2.24) is 19.9 Å². The number of ether oxygens (including phenoxy) is 5. The number of aromatic nitrogens is 4. The fourth-order valence-corrected chi connectivity index (χ4v) is 9.40. The summed E-state index contributed by atoms with van der Waals surface area (Å²) in [6.45, 7) is 16.4. The Morgan fingerprint density at radius 3 is 1.48 bits per heavy atom. The first-order valence-corrected chi connectivity index (χ1v) is 22.5. The minimum Gasteiger partial charge on any atom is -0.493 e. The molecule has 2 atom stereocenters. The number of aliphatic carboxylic acids is 1. The SMILES string of the molecule is COC(=O)[C@@H](OC(C)(C)C)c1c(C)nc2ccccc2c1-c1ccc2c3c(ccnc13)CCO2.Cc1nc2ccccc2c(-c2ccc3c4c(ccnc24)CCO3)c1[C@H](OC(C)(C)C)C(=O)O. The maximum atomic E-state index is 13.1. The van der Waals surface area contributed by atoms with Gasteiger partial charge in [0.25, 0.3) is 0 Å². The van der Waals surface area contributed by atoms with Gasteiger partial charge in [-0.25, -0.2) is 9.59 Å². The summed E-state index contributed by atoms with van der Waals surface area (Å²) in [6, 6.07) is 27.8. The van der Waals surface area contributed by atoms with Gasteiger partial charge in [0, 0.05) is 91.5 Å². The number of carbonyl (C=O) groups is 2. The van der Waals surface area contributed by atoms with Crippen molar-refractivity contribution < 1.29 is 38.4 Å². The van der Waals surface area contributed by atoms with Crippen LogP contribution in [0.15, 0.2) is 97.3 Å². The zero-order valence-electron chi connectivity index (χ0n) is 39.3. The first-order chi connectivity index (χ1) is 32.0. The maximum absolute atomic E-state index is 13.1. The first-order valence-electron chi connectivity index (χ1n) is 22.5. The first kappa shape index (κ1) is 45.1. The normalized spacial score (nSPS) is 14.2. The lowest BCUT2D eigenvalue weighted by Crippen LogP contribution is -2.29. The van der Waals surface area contributed by atoms with Crippen LogP contribution in [0.3, 0.4) is 0 Å². The molecule has 67 heavy (non-hydrogen) atoms. The molecule has 0 spiro atoms. The van der Waals surface area contributed by atoms with Crippen molar-refractivity contribution in [2.45, 2.75) is 91.6 Å². The molecule has 0 unspecified atom stereocenters. The fraction of sp³-hybridized carbons (Fsp3) is 0.309. The number of hydrogen-bond donors (Lipinski definition) is 1. The van der Waals surface area contributed by atoms with Gasteiger partial charge in [0.1, 0.15) is 11.5 Å². The molecular formula is C55H54N4O8. The third-order valence-electron chi connectivity index (χ3n) is 12.0. The van der Waals surface area contributed by atoms with Gasteiger partial charge in [-0.3, -0.25) is 19.9 Å². The molecule has 8 aromatic rings. The molecule has 12 nitrogen and oxygen atoms in total. The monoisotopic (exact) mass is 898 g/mol. The fourth-order valence-electron chi connectivity index (χ4n) is 9.40. The molecule has 2 aliphatic rings. The number of benzene rings is 4. The Balaban J connectivity index is 0.000000168. The molecule has 0 amide bonds. The second-order valence-electron chi connectivity index (χ2n) is 18.9. The quantitative estimate of drug-likeness (QED) is 0.144. The molecule has 2 aliphatic heterocycles. The van der Waals surface area contributed by atoms with Gasteiger partial charge in [0.05, 0.1) is 53.6 Å². The molecule has 0 bridgehead atoms. The van der Waals surface area contributed by atoms with E-state index in [2.05, 4.69) is 6.07 Å². The molecular weight excluding hydrogens is 845 g/mol. The average molecular weight is 899 g/mol. The number of carboxylic acids is 1. The number of hydrogen-bond acceptors (Lipinski definition) is 11. The molecule has 6 heterocycles. The second kappa shape index (κ2) is 17.7. The molecule has 1 N–H and O–H groups in total. The summed E-state index contributed by atoms with van der Waals surface area (Å²) in [5.41, 5.74) is 10.4. The average Bonchev–Trinajstić information content (AvgIpc) is 3.29. The van der Waals surface area contributed by atoms with E-state index in [-0.39, 0.29) is 0 Å². The molecule has 0 radical (unpaired) electrons. The highest BCUT2D eigenvalue weighted by Gasteiger charge is 2.35. The van der Waals surface area contributed by atoms with Crippen LogP contribution in [0.1, 0.15) is 87.4 Å². The predicted molar refractivity (Wildman–Crippen MR) is 260 cm³/mol. The minimum atomic E-state index is -1.18. The number of methoxy groups -OCH3 is 1. The van der Waals surface area contributed by atoms with Crippen molar-refractivity contribution >= 4 is 55.6 Å². The van der Waals surface area contributed by atoms with Crippen LogP contribution < -0.4 is 9.47 Å². The Labute approximate surface area is 389 Å². The third kappa shape index (κ3) is 8.63. The minimum absolute atomic E-state index is 0.463. The summed E-state index contributed by atoms with van der Waals surface area (Å²) in [4.78, 5) is 44.7. The smallest absolute Gasteiger partial charge is 0.339 e. The van der Waals surface area contributed by atoms with E-state index < -0.39 is 35.3 Å². The van der Waals surface area contributed by atoms with Gasteiger partial charge in [-0.2, -0.15) is 0 Å². The van der Waals surface area contributed by atoms with Crippen LogP contribution in [0.5, 0.6) is 11.5 Å². The number of nitrogens with zero attached hydrogens (tertiary/aromatic N) is 4. The largest absolute Gasteiger partial charge is 0.493 e. The van der Waals surface area contributed by atoms with E-state index in [1.165, 1.54) is 18.2 Å². The highest BCUT2D eigenvalue weighted by Crippen LogP contribution is 2.46. The van der Waals surface area contributed by atoms with Gasteiger partial charge in [-0.05, 0) is 115 Å². The number of pyridine rings is 4. The number of fused-ring (bicyclic) bond motifs is 2. The molecule has 0 fully saturated rings. The van der Waals surface area contributed by atoms with Gasteiger partial charge >= 0.3 is 11.9 Å². The van der Waals surface area contributed by atoms with Crippen LogP contribution in [0, 0.1) is 13.8 Å². The summed E-state index contributed by atoms with van der Waals surface area (Å²) in [5.74, 6) is 0.126. The summed E-state index contributed by atoms with van der Waals surface area (Å²) < 4.78 is 29.4. The Morgan fingerprint density at radius 2 is 1.04 bits per heavy atom. The van der Waals surface area contributed by atoms with Crippen molar-refractivity contribution in [1.29, 1.82) is 0 Å². The Hall–Kier alpha value is -7.02. The molecule has 0 saturated carbocycles. The second-order valence-corrected chi connectivity index (χ2v) is 18.9. The highest BCUT2D eigenvalue weighted by atomic mass is 16.6. The van der Waals surface area contributed by atoms with Crippen molar-refractivity contribution in [3.05, 3.63) is 131 Å². The molecule has 342 valence electrons. The van der Waals surface area contributed by atoms with Gasteiger partial charge in [0.15, 0.2) is 12.2 Å². The molecule has 4 aromatic heterocycles. The van der Waals surface area contributed by atoms with E-state index in [0.717, 1.165) is 90.2 Å². The topological polar surface area (TPSA) is 152 Å². The van der Waals surface area contributed by atoms with E-state index in [1.54, 1.807) is 0 Å². The van der Waals surface area contributed by atoms with Crippen LogP contribution >= 0.6 is 0 Å². The van der Waals surface area contributed by atoms with Crippen LogP contribution in [-0.2, 0) is 36.6 Å². The van der Waals surface area contributed by atoms with E-state index in [9.17, 15) is 14.7 Å². The van der Waals surface area contributed by atoms with E-state index in [4.69, 9.17) is 43.6 Å². The number of para-hydroxylation sites is 2. The Bertz CT molecular complexity index is 3240. The van der Waals surface area contributed by atoms with Crippen LogP contribution in [-0.4, -0.2) is 68.5 Å². The number of carbonyl (C=O) groups excluding carboxylic acids is 1. The summed E-state index contributed by atoms with van der Waals surface area (Å²) >= 11 is 0. The van der Waals surface area contributed by atoms with Crippen molar-refractivity contribution in [2.24, 2.45) is 0 Å². The van der Waals surface area contributed by atoms with Crippen LogP contribution in [0.25, 0.3) is 65.9 Å². The van der Waals surface area contributed by atoms with Crippen molar-refractivity contribution in [3.63, 3.8) is 0 Å². The van der Waals surface area contributed by atoms with Crippen molar-refractivity contribution in [2.75, 3.05) is 20.3 Å². The molecule has 4 aromatic carbocycles. The number of rotatable bonds is 8. The third-order valence-corrected chi connectivity index (χ3v) is 12.0. The molecule has 0 saturated heterocycles. The lowest BCUT2D eigenvalue weighted by molar-refractivity contribution is -0.164. The van der Waals surface area contributed by atoms with Gasteiger partial charge in [-0.15, -0.1) is 0 Å². The number of carboxylic acid groups (broad SMARTS) is 1. The number of aryl methyl sites for hydroxylation is 2. The van der Waals surface area contributed by atoms with Crippen LogP contribution in [0.2, 0.25) is 0 Å². The van der Waals surface area contributed by atoms with Gasteiger partial charge in [0.2, 0.25) is 0 Å². The van der Waals surface area contributed by atoms with Crippen LogP contribution in [0.4, 0.5) is 0 Å². The zero-order chi connectivity index (χ0) is 47.4. The standard InChI is InChI=1S/C28H28N2O4.C27H26N2O4/c1-16-22(26(27(31)32-5)34-28(2,3)4)24(18-8-6-7-9-20(18)30-16)19-10-11-21-23-17(13-15-33-21)12-14-29-25(19)23;1-15-21(25(26(30)31)33-27(2,3)4)23(17-7-5-6-8-19(17)29-15)18-9-10-20-22-16(12-14-32-20)11-13-28-24(18)22/h6-12,14,26H,13,15H2,1-5H3;5-11,13,25H,12,14H2,1-4H3,(H,30,31)/t26-;25-/m00/s1. The maximum Gasteiger partial charge on any atom is 0.339 e. The Morgan fingerprint density at radius 1 is 0.612 bits per heavy atom. The number of esters is 1. The zero-order valence-corrected chi connectivity index (χ0v) is 39.3. The molecule has 12 heteroatoms. The summed E-state index contributed by atoms with van der Waals surface area (Å²) in [5, 5.41) is 14.0.